The lowest BCUT2D eigenvalue weighted by Crippen LogP contribution is -2.23. The largest absolute Gasteiger partial charge is 0.468 e. The Morgan fingerprint density at radius 3 is 2.56 bits per heavy atom. The minimum Gasteiger partial charge on any atom is -0.468 e. The van der Waals surface area contributed by atoms with Crippen LogP contribution in [0, 0.1) is 0 Å². The first-order valence-corrected chi connectivity index (χ1v) is 4.43. The number of para-hydroxylation sites is 1. The molecule has 2 N–H and O–H groups in total. The minimum atomic E-state index is -2.97. The number of nitrogens with two attached hydrogens (primary N) is 1. The molecule has 0 aromatic heterocycles. The highest BCUT2D eigenvalue weighted by Gasteiger charge is 2.21. The molecule has 4 nitrogen and oxygen atoms in total. The van der Waals surface area contributed by atoms with Crippen LogP contribution in [0.25, 0.3) is 0 Å². The van der Waals surface area contributed by atoms with E-state index in [1.807, 2.05) is 0 Å². The molecule has 0 bridgehead atoms. The quantitative estimate of drug-likeness (QED) is 0.797. The lowest BCUT2D eigenvalue weighted by Gasteiger charge is -2.14. The van der Waals surface area contributed by atoms with E-state index in [4.69, 9.17) is 5.73 Å². The van der Waals surface area contributed by atoms with Gasteiger partial charge in [-0.05, 0) is 6.07 Å². The van der Waals surface area contributed by atoms with Crippen molar-refractivity contribution in [1.82, 2.24) is 0 Å². The van der Waals surface area contributed by atoms with Gasteiger partial charge in [-0.15, -0.1) is 0 Å². The number of ether oxygens (including phenoxy) is 2. The predicted octanol–water partition coefficient (Wildman–Crippen LogP) is 1.46. The van der Waals surface area contributed by atoms with Gasteiger partial charge in [0.2, 0.25) is 0 Å². The van der Waals surface area contributed by atoms with E-state index in [0.29, 0.717) is 0 Å². The van der Waals surface area contributed by atoms with E-state index in [1.165, 1.54) is 25.3 Å². The lowest BCUT2D eigenvalue weighted by molar-refractivity contribution is -0.142. The molecule has 0 saturated carbocycles. The van der Waals surface area contributed by atoms with Crippen LogP contribution in [0.1, 0.15) is 11.6 Å². The summed E-state index contributed by atoms with van der Waals surface area (Å²) in [6, 6.07) is 4.67. The van der Waals surface area contributed by atoms with Crippen LogP contribution in [0.5, 0.6) is 5.75 Å². The summed E-state index contributed by atoms with van der Waals surface area (Å²) in [7, 11) is 1.17. The molecule has 6 heteroatoms. The predicted molar refractivity (Wildman–Crippen MR) is 52.0 cm³/mol. The van der Waals surface area contributed by atoms with E-state index in [1.54, 1.807) is 6.07 Å². The fourth-order valence-electron chi connectivity index (χ4n) is 1.19. The number of benzene rings is 1. The molecule has 0 heterocycles. The standard InChI is InChI=1S/C10H11F2NO3/c1-15-9(14)8(13)6-4-2-3-5-7(6)16-10(11)12/h2-5,8,10H,13H2,1H3/t8-/m1/s1. The molecule has 0 radical (unpaired) electrons. The summed E-state index contributed by atoms with van der Waals surface area (Å²) < 4.78 is 32.8. The number of methoxy groups -OCH3 is 1. The molecule has 0 aliphatic carbocycles. The number of carbonyl (C=O) groups excluding carboxylic acids is 1. The zero-order valence-electron chi connectivity index (χ0n) is 8.52. The van der Waals surface area contributed by atoms with Crippen molar-refractivity contribution in [3.63, 3.8) is 0 Å². The smallest absolute Gasteiger partial charge is 0.387 e. The van der Waals surface area contributed by atoms with Crippen LogP contribution in [0.4, 0.5) is 8.78 Å². The van der Waals surface area contributed by atoms with Crippen LogP contribution in [-0.4, -0.2) is 19.7 Å². The Balaban J connectivity index is 2.98. The first-order chi connectivity index (χ1) is 7.56. The van der Waals surface area contributed by atoms with Gasteiger partial charge < -0.3 is 15.2 Å². The summed E-state index contributed by atoms with van der Waals surface area (Å²) in [5.74, 6) is -0.847. The summed E-state index contributed by atoms with van der Waals surface area (Å²) in [4.78, 5) is 11.2. The minimum absolute atomic E-state index is 0.129. The first kappa shape index (κ1) is 12.4. The van der Waals surface area contributed by atoms with Gasteiger partial charge >= 0.3 is 12.6 Å². The Bertz CT molecular complexity index is 371. The maximum atomic E-state index is 12.1. The van der Waals surface area contributed by atoms with E-state index in [-0.39, 0.29) is 11.3 Å². The molecule has 1 rings (SSSR count). The fourth-order valence-corrected chi connectivity index (χ4v) is 1.19. The van der Waals surface area contributed by atoms with E-state index in [0.717, 1.165) is 0 Å². The molecule has 16 heavy (non-hydrogen) atoms. The second-order valence-electron chi connectivity index (χ2n) is 2.92. The van der Waals surface area contributed by atoms with Crippen LogP contribution in [0.15, 0.2) is 24.3 Å². The highest BCUT2D eigenvalue weighted by Crippen LogP contribution is 2.25. The van der Waals surface area contributed by atoms with Gasteiger partial charge in [-0.3, -0.25) is 4.79 Å². The molecule has 0 amide bonds. The zero-order chi connectivity index (χ0) is 12.1. The summed E-state index contributed by atoms with van der Waals surface area (Å²) in [5, 5.41) is 0. The van der Waals surface area contributed by atoms with E-state index in [2.05, 4.69) is 9.47 Å². The average molecular weight is 231 g/mol. The van der Waals surface area contributed by atoms with Crippen LogP contribution in [0.3, 0.4) is 0 Å². The zero-order valence-corrected chi connectivity index (χ0v) is 8.52. The van der Waals surface area contributed by atoms with Crippen molar-refractivity contribution in [2.45, 2.75) is 12.7 Å². The van der Waals surface area contributed by atoms with Gasteiger partial charge in [0.1, 0.15) is 11.8 Å². The third-order valence-corrected chi connectivity index (χ3v) is 1.93. The Hall–Kier alpha value is -1.69. The lowest BCUT2D eigenvalue weighted by atomic mass is 10.1. The van der Waals surface area contributed by atoms with Crippen LogP contribution in [0.2, 0.25) is 0 Å². The monoisotopic (exact) mass is 231 g/mol. The molecule has 1 aromatic carbocycles. The highest BCUT2D eigenvalue weighted by molar-refractivity contribution is 5.78. The number of esters is 1. The van der Waals surface area contributed by atoms with Gasteiger partial charge in [-0.2, -0.15) is 8.78 Å². The summed E-state index contributed by atoms with van der Waals surface area (Å²) in [6.07, 6.45) is 0. The highest BCUT2D eigenvalue weighted by atomic mass is 19.3. The van der Waals surface area contributed by atoms with E-state index < -0.39 is 18.6 Å². The number of rotatable bonds is 4. The summed E-state index contributed by atoms with van der Waals surface area (Å²) >= 11 is 0. The maximum Gasteiger partial charge on any atom is 0.387 e. The Labute approximate surface area is 91.0 Å². The van der Waals surface area contributed by atoms with Gasteiger partial charge in [0.05, 0.1) is 7.11 Å². The maximum absolute atomic E-state index is 12.1. The van der Waals surface area contributed by atoms with Crippen LogP contribution < -0.4 is 10.5 Å². The van der Waals surface area contributed by atoms with Crippen molar-refractivity contribution in [3.05, 3.63) is 29.8 Å². The Kier molecular flexibility index (Phi) is 4.19. The molecule has 0 spiro atoms. The van der Waals surface area contributed by atoms with Crippen molar-refractivity contribution in [2.24, 2.45) is 5.73 Å². The number of carbonyl (C=O) groups is 1. The molecule has 0 unspecified atom stereocenters. The first-order valence-electron chi connectivity index (χ1n) is 4.43. The normalized spacial score (nSPS) is 12.3. The molecular formula is C10H11F2NO3. The van der Waals surface area contributed by atoms with Crippen molar-refractivity contribution < 1.29 is 23.0 Å². The SMILES string of the molecule is COC(=O)[C@H](N)c1ccccc1OC(F)F. The third-order valence-electron chi connectivity index (χ3n) is 1.93. The molecule has 0 aliphatic heterocycles. The van der Waals surface area contributed by atoms with Gasteiger partial charge in [0.25, 0.3) is 0 Å². The molecule has 0 fully saturated rings. The van der Waals surface area contributed by atoms with Gasteiger partial charge in [0, 0.05) is 5.56 Å². The van der Waals surface area contributed by atoms with Crippen molar-refractivity contribution >= 4 is 5.97 Å². The van der Waals surface area contributed by atoms with Crippen LogP contribution >= 0.6 is 0 Å². The third kappa shape index (κ3) is 2.90. The van der Waals surface area contributed by atoms with Gasteiger partial charge in [-0.1, -0.05) is 18.2 Å². The second-order valence-corrected chi connectivity index (χ2v) is 2.92. The summed E-state index contributed by atoms with van der Waals surface area (Å²) in [5.41, 5.74) is 5.69. The number of hydrogen-bond donors (Lipinski definition) is 1. The van der Waals surface area contributed by atoms with E-state index >= 15 is 0 Å². The molecule has 1 atom stereocenters. The topological polar surface area (TPSA) is 61.5 Å². The van der Waals surface area contributed by atoms with Gasteiger partial charge in [0.15, 0.2) is 0 Å². The number of halogens is 2. The Morgan fingerprint density at radius 2 is 2.00 bits per heavy atom. The van der Waals surface area contributed by atoms with Gasteiger partial charge in [-0.25, -0.2) is 0 Å². The van der Waals surface area contributed by atoms with Crippen molar-refractivity contribution in [2.75, 3.05) is 7.11 Å². The fraction of sp³-hybridized carbons (Fsp3) is 0.300. The van der Waals surface area contributed by atoms with Crippen LogP contribution in [-0.2, 0) is 9.53 Å². The second kappa shape index (κ2) is 5.41. The average Bonchev–Trinajstić information content (AvgIpc) is 2.27. The molecule has 1 aromatic rings. The van der Waals surface area contributed by atoms with Crippen molar-refractivity contribution in [1.29, 1.82) is 0 Å². The Morgan fingerprint density at radius 1 is 1.38 bits per heavy atom. The number of hydrogen-bond acceptors (Lipinski definition) is 4. The molecule has 0 aliphatic rings. The molecule has 0 saturated heterocycles. The van der Waals surface area contributed by atoms with E-state index in [9.17, 15) is 13.6 Å². The van der Waals surface area contributed by atoms with Crippen molar-refractivity contribution in [3.8, 4) is 5.75 Å². The number of alkyl halides is 2. The molecule has 88 valence electrons. The molecular weight excluding hydrogens is 220 g/mol. The summed E-state index contributed by atoms with van der Waals surface area (Å²) in [6.45, 7) is -2.97.